The second kappa shape index (κ2) is 7.28. The van der Waals surface area contributed by atoms with Crippen LogP contribution in [-0.4, -0.2) is 26.3 Å². The van der Waals surface area contributed by atoms with Crippen molar-refractivity contribution in [2.45, 2.75) is 26.1 Å². The number of benzene rings is 2. The molecular weight excluding hydrogens is 325 g/mol. The largest absolute Gasteiger partial charge is 0.486 e. The highest BCUT2D eigenvalue weighted by molar-refractivity contribution is 6.77. The van der Waals surface area contributed by atoms with E-state index in [1.54, 1.807) is 6.07 Å². The molecule has 0 unspecified atom stereocenters. The topological polar surface area (TPSA) is 47.6 Å². The number of hydrogen-bond donors (Lipinski definition) is 1. The van der Waals surface area contributed by atoms with E-state index in [2.05, 4.69) is 37.9 Å². The van der Waals surface area contributed by atoms with Gasteiger partial charge in [-0.25, -0.2) is 0 Å². The van der Waals surface area contributed by atoms with Crippen LogP contribution in [0.4, 0.5) is 10.5 Å². The number of rotatable bonds is 5. The standard InChI is InChI=1S/C21H24BNO3/c1-14(2)15-6-5-7-16(12-15)21(3,4)22-20(24)23-17-8-9-18-19(13-17)26-11-10-25-18/h5-9,12-13,22H,1,10-11H2,2-4H3,(H,23,24). The minimum absolute atomic E-state index is 0.0348. The summed E-state index contributed by atoms with van der Waals surface area (Å²) in [4.78, 5) is 12.6. The molecule has 1 amide bonds. The van der Waals surface area contributed by atoms with E-state index >= 15 is 0 Å². The Balaban J connectivity index is 1.70. The zero-order valence-electron chi connectivity index (χ0n) is 15.6. The lowest BCUT2D eigenvalue weighted by Gasteiger charge is -2.24. The Hall–Kier alpha value is -2.69. The maximum atomic E-state index is 12.6. The van der Waals surface area contributed by atoms with E-state index in [0.717, 1.165) is 16.7 Å². The van der Waals surface area contributed by atoms with Crippen LogP contribution in [-0.2, 0) is 5.31 Å². The van der Waals surface area contributed by atoms with Crippen molar-refractivity contribution in [3.05, 3.63) is 60.2 Å². The zero-order chi connectivity index (χ0) is 18.7. The average molecular weight is 349 g/mol. The van der Waals surface area contributed by atoms with Gasteiger partial charge in [0, 0.05) is 11.8 Å². The number of carbonyl (C=O) groups is 1. The molecule has 5 heteroatoms. The van der Waals surface area contributed by atoms with Gasteiger partial charge in [-0.3, -0.25) is 4.79 Å². The first kappa shape index (κ1) is 18.1. The second-order valence-corrected chi connectivity index (χ2v) is 7.33. The summed E-state index contributed by atoms with van der Waals surface area (Å²) in [6, 6.07) is 13.7. The molecule has 4 nitrogen and oxygen atoms in total. The number of ether oxygens (including phenoxy) is 2. The molecule has 134 valence electrons. The molecule has 0 aromatic heterocycles. The summed E-state index contributed by atoms with van der Waals surface area (Å²) in [5.41, 5.74) is 3.95. The molecule has 0 atom stereocenters. The second-order valence-electron chi connectivity index (χ2n) is 7.33. The van der Waals surface area contributed by atoms with Crippen LogP contribution in [0.25, 0.3) is 5.57 Å². The molecule has 1 aliphatic rings. The van der Waals surface area contributed by atoms with Crippen LogP contribution in [0.1, 0.15) is 31.9 Å². The monoisotopic (exact) mass is 349 g/mol. The predicted molar refractivity (Wildman–Crippen MR) is 108 cm³/mol. The van der Waals surface area contributed by atoms with Crippen molar-refractivity contribution in [2.75, 3.05) is 18.5 Å². The molecular formula is C21H24BNO3. The Labute approximate surface area is 155 Å². The first-order chi connectivity index (χ1) is 12.3. The van der Waals surface area contributed by atoms with Crippen LogP contribution in [0.3, 0.4) is 0 Å². The van der Waals surface area contributed by atoms with Gasteiger partial charge in [-0.15, -0.1) is 0 Å². The molecule has 2 aromatic carbocycles. The third kappa shape index (κ3) is 4.10. The van der Waals surface area contributed by atoms with E-state index in [9.17, 15) is 4.79 Å². The number of fused-ring (bicyclic) bond motifs is 1. The van der Waals surface area contributed by atoms with Crippen LogP contribution in [0, 0.1) is 0 Å². The highest BCUT2D eigenvalue weighted by Gasteiger charge is 2.27. The summed E-state index contributed by atoms with van der Waals surface area (Å²) in [7, 11) is 0.376. The van der Waals surface area contributed by atoms with Crippen molar-refractivity contribution >= 4 is 24.3 Å². The maximum absolute atomic E-state index is 12.6. The van der Waals surface area contributed by atoms with Gasteiger partial charge in [0.15, 0.2) is 17.3 Å². The molecule has 0 aliphatic carbocycles. The number of amides is 1. The Bertz CT molecular complexity index is 845. The molecule has 26 heavy (non-hydrogen) atoms. The molecule has 2 aromatic rings. The van der Waals surface area contributed by atoms with Crippen molar-refractivity contribution in [1.29, 1.82) is 0 Å². The van der Waals surface area contributed by atoms with E-state index in [4.69, 9.17) is 9.47 Å². The number of carbonyl (C=O) groups excluding carboxylic acids is 1. The lowest BCUT2D eigenvalue weighted by atomic mass is 9.50. The van der Waals surface area contributed by atoms with Crippen molar-refractivity contribution in [1.82, 2.24) is 0 Å². The smallest absolute Gasteiger partial charge is 0.244 e. The fraction of sp³-hybridized carbons (Fsp3) is 0.286. The van der Waals surface area contributed by atoms with Crippen molar-refractivity contribution in [2.24, 2.45) is 0 Å². The van der Waals surface area contributed by atoms with Crippen LogP contribution < -0.4 is 14.8 Å². The Morgan fingerprint density at radius 1 is 1.12 bits per heavy atom. The summed E-state index contributed by atoms with van der Waals surface area (Å²) in [5.74, 6) is 1.35. The maximum Gasteiger partial charge on any atom is 0.244 e. The third-order valence-corrected chi connectivity index (χ3v) is 4.57. The summed E-state index contributed by atoms with van der Waals surface area (Å²) < 4.78 is 11.1. The SMILES string of the molecule is C=C(C)c1cccc(C(C)(C)BC(=O)Nc2ccc3c(c2)OCCO3)c1. The number of anilines is 1. The minimum atomic E-state index is -0.288. The van der Waals surface area contributed by atoms with E-state index in [1.807, 2.05) is 31.2 Å². The van der Waals surface area contributed by atoms with Crippen molar-refractivity contribution < 1.29 is 14.3 Å². The summed E-state index contributed by atoms with van der Waals surface area (Å²) in [5, 5.41) is 2.67. The number of nitrogens with one attached hydrogen (secondary N) is 1. The quantitative estimate of drug-likeness (QED) is 0.814. The van der Waals surface area contributed by atoms with Crippen molar-refractivity contribution in [3.8, 4) is 11.5 Å². The molecule has 0 radical (unpaired) electrons. The lowest BCUT2D eigenvalue weighted by molar-refractivity contribution is 0.171. The fourth-order valence-corrected chi connectivity index (χ4v) is 3.04. The molecule has 1 aliphatic heterocycles. The average Bonchev–Trinajstić information content (AvgIpc) is 2.61. The molecule has 1 N–H and O–H groups in total. The highest BCUT2D eigenvalue weighted by atomic mass is 16.6. The van der Waals surface area contributed by atoms with Crippen LogP contribution in [0.15, 0.2) is 49.0 Å². The zero-order valence-corrected chi connectivity index (χ0v) is 15.6. The molecule has 0 fully saturated rings. The normalized spacial score (nSPS) is 13.0. The van der Waals surface area contributed by atoms with Gasteiger partial charge in [0.25, 0.3) is 0 Å². The van der Waals surface area contributed by atoms with Gasteiger partial charge in [0.2, 0.25) is 7.28 Å². The minimum Gasteiger partial charge on any atom is -0.486 e. The van der Waals surface area contributed by atoms with E-state index in [0.29, 0.717) is 37.7 Å². The summed E-state index contributed by atoms with van der Waals surface area (Å²) in [6.45, 7) is 11.2. The molecule has 3 rings (SSSR count). The third-order valence-electron chi connectivity index (χ3n) is 4.57. The Morgan fingerprint density at radius 2 is 1.85 bits per heavy atom. The first-order valence-corrected chi connectivity index (χ1v) is 8.81. The van der Waals surface area contributed by atoms with E-state index in [-0.39, 0.29) is 11.1 Å². The fourth-order valence-electron chi connectivity index (χ4n) is 3.04. The molecule has 0 saturated carbocycles. The van der Waals surface area contributed by atoms with Crippen molar-refractivity contribution in [3.63, 3.8) is 0 Å². The van der Waals surface area contributed by atoms with E-state index < -0.39 is 0 Å². The van der Waals surface area contributed by atoms with Crippen LogP contribution in [0.5, 0.6) is 11.5 Å². The van der Waals surface area contributed by atoms with Gasteiger partial charge in [-0.1, -0.05) is 50.3 Å². The predicted octanol–water partition coefficient (Wildman–Crippen LogP) is 4.39. The molecule has 1 heterocycles. The van der Waals surface area contributed by atoms with Crippen LogP contribution >= 0.6 is 0 Å². The first-order valence-electron chi connectivity index (χ1n) is 8.81. The van der Waals surface area contributed by atoms with Gasteiger partial charge in [-0.2, -0.15) is 0 Å². The number of allylic oxidation sites excluding steroid dienone is 1. The van der Waals surface area contributed by atoms with E-state index in [1.165, 1.54) is 0 Å². The summed E-state index contributed by atoms with van der Waals surface area (Å²) >= 11 is 0. The Kier molecular flexibility index (Phi) is 5.07. The number of hydrogen-bond acceptors (Lipinski definition) is 3. The van der Waals surface area contributed by atoms with Gasteiger partial charge in [-0.05, 0) is 35.5 Å². The van der Waals surface area contributed by atoms with Gasteiger partial charge in [0.05, 0.1) is 0 Å². The van der Waals surface area contributed by atoms with Crippen LogP contribution in [0.2, 0.25) is 0 Å². The molecule has 0 bridgehead atoms. The van der Waals surface area contributed by atoms with Gasteiger partial charge >= 0.3 is 0 Å². The van der Waals surface area contributed by atoms with Gasteiger partial charge < -0.3 is 14.8 Å². The highest BCUT2D eigenvalue weighted by Crippen LogP contribution is 2.33. The molecule has 0 saturated heterocycles. The van der Waals surface area contributed by atoms with Gasteiger partial charge in [0.1, 0.15) is 13.2 Å². The summed E-state index contributed by atoms with van der Waals surface area (Å²) in [6.07, 6.45) is 0. The molecule has 0 spiro atoms. The lowest BCUT2D eigenvalue weighted by Crippen LogP contribution is -2.35. The Morgan fingerprint density at radius 3 is 2.58 bits per heavy atom.